The predicted octanol–water partition coefficient (Wildman–Crippen LogP) is 2.76. The van der Waals surface area contributed by atoms with Crippen molar-refractivity contribution in [1.82, 2.24) is 9.80 Å². The van der Waals surface area contributed by atoms with E-state index in [9.17, 15) is 18.0 Å². The topological polar surface area (TPSA) is 42.0 Å². The number of amides is 1. The second-order valence-electron chi connectivity index (χ2n) is 6.98. The molecule has 0 spiro atoms. The first-order chi connectivity index (χ1) is 12.4. The van der Waals surface area contributed by atoms with Crippen molar-refractivity contribution < 1.29 is 27.4 Å². The molecule has 0 saturated carbocycles. The average molecular weight is 370 g/mol. The van der Waals surface area contributed by atoms with Crippen LogP contribution < -0.4 is 9.47 Å². The molecule has 0 N–H and O–H groups in total. The summed E-state index contributed by atoms with van der Waals surface area (Å²) in [4.78, 5) is 15.5. The first kappa shape index (κ1) is 17.5. The van der Waals surface area contributed by atoms with Gasteiger partial charge < -0.3 is 14.4 Å². The molecule has 142 valence electrons. The molecule has 0 bridgehead atoms. The van der Waals surface area contributed by atoms with Gasteiger partial charge in [0.1, 0.15) is 19.8 Å². The maximum absolute atomic E-state index is 12.7. The first-order valence-electron chi connectivity index (χ1n) is 8.93. The van der Waals surface area contributed by atoms with Crippen LogP contribution in [-0.4, -0.2) is 60.8 Å². The molecule has 2 atom stereocenters. The monoisotopic (exact) mass is 370 g/mol. The molecule has 8 heteroatoms. The van der Waals surface area contributed by atoms with E-state index in [1.807, 2.05) is 18.2 Å². The highest BCUT2D eigenvalue weighted by molar-refractivity contribution is 5.84. The standard InChI is InChI=1S/C18H21F3N2O3/c19-18(20,21)11-22-7-5-14(17(22)24)23-6-1-2-13(23)12-3-4-15-16(10-12)26-9-8-25-15/h3-4,10,13-14H,1-2,5-9,11H2/t13-,14+/m0/s1. The van der Waals surface area contributed by atoms with Gasteiger partial charge in [-0.25, -0.2) is 0 Å². The molecule has 2 fully saturated rings. The Bertz CT molecular complexity index is 695. The Morgan fingerprint density at radius 2 is 1.81 bits per heavy atom. The van der Waals surface area contributed by atoms with E-state index in [1.165, 1.54) is 0 Å². The van der Waals surface area contributed by atoms with E-state index in [0.29, 0.717) is 31.1 Å². The van der Waals surface area contributed by atoms with Gasteiger partial charge >= 0.3 is 6.18 Å². The van der Waals surface area contributed by atoms with E-state index in [1.54, 1.807) is 0 Å². The van der Waals surface area contributed by atoms with Crippen molar-refractivity contribution in [2.24, 2.45) is 0 Å². The molecule has 3 aliphatic heterocycles. The van der Waals surface area contributed by atoms with Gasteiger partial charge in [-0.2, -0.15) is 13.2 Å². The number of carbonyl (C=O) groups is 1. The van der Waals surface area contributed by atoms with Crippen LogP contribution in [0.15, 0.2) is 18.2 Å². The van der Waals surface area contributed by atoms with E-state index >= 15 is 0 Å². The third kappa shape index (κ3) is 3.34. The SMILES string of the molecule is O=C1[C@H](N2CCC[C@H]2c2ccc3c(c2)OCCO3)CCN1CC(F)(F)F. The van der Waals surface area contributed by atoms with Crippen molar-refractivity contribution in [3.63, 3.8) is 0 Å². The van der Waals surface area contributed by atoms with Crippen LogP contribution in [-0.2, 0) is 4.79 Å². The molecule has 1 amide bonds. The number of hydrogen-bond donors (Lipinski definition) is 0. The van der Waals surface area contributed by atoms with E-state index in [4.69, 9.17) is 9.47 Å². The molecule has 0 aliphatic carbocycles. The second kappa shape index (κ2) is 6.64. The number of nitrogens with zero attached hydrogens (tertiary/aromatic N) is 2. The van der Waals surface area contributed by atoms with Crippen LogP contribution in [0.5, 0.6) is 11.5 Å². The van der Waals surface area contributed by atoms with E-state index < -0.39 is 24.7 Å². The molecule has 4 rings (SSSR count). The average Bonchev–Trinajstić information content (AvgIpc) is 3.21. The Hall–Kier alpha value is -1.96. The molecule has 26 heavy (non-hydrogen) atoms. The summed E-state index contributed by atoms with van der Waals surface area (Å²) in [6.07, 6.45) is -2.12. The summed E-state index contributed by atoms with van der Waals surface area (Å²) in [5, 5.41) is 0. The van der Waals surface area contributed by atoms with Gasteiger partial charge in [0.15, 0.2) is 11.5 Å². The van der Waals surface area contributed by atoms with Gasteiger partial charge in [-0.3, -0.25) is 9.69 Å². The fraction of sp³-hybridized carbons (Fsp3) is 0.611. The van der Waals surface area contributed by atoms with Crippen molar-refractivity contribution in [1.29, 1.82) is 0 Å². The maximum Gasteiger partial charge on any atom is 0.406 e. The minimum absolute atomic E-state index is 0.0191. The van der Waals surface area contributed by atoms with Crippen LogP contribution in [0.3, 0.4) is 0 Å². The molecule has 3 aliphatic rings. The predicted molar refractivity (Wildman–Crippen MR) is 87.2 cm³/mol. The van der Waals surface area contributed by atoms with E-state index in [2.05, 4.69) is 4.90 Å². The Kier molecular flexibility index (Phi) is 4.46. The summed E-state index contributed by atoms with van der Waals surface area (Å²) in [6.45, 7) is 0.736. The summed E-state index contributed by atoms with van der Waals surface area (Å²) in [5.41, 5.74) is 1.02. The molecule has 0 unspecified atom stereocenters. The highest BCUT2D eigenvalue weighted by Crippen LogP contribution is 2.40. The zero-order valence-corrected chi connectivity index (χ0v) is 14.3. The largest absolute Gasteiger partial charge is 0.486 e. The van der Waals surface area contributed by atoms with Gasteiger partial charge in [-0.15, -0.1) is 0 Å². The lowest BCUT2D eigenvalue weighted by atomic mass is 10.0. The van der Waals surface area contributed by atoms with Gasteiger partial charge in [0.2, 0.25) is 5.91 Å². The molecule has 1 aromatic rings. The Morgan fingerprint density at radius 1 is 1.04 bits per heavy atom. The quantitative estimate of drug-likeness (QED) is 0.821. The van der Waals surface area contributed by atoms with Gasteiger partial charge in [-0.05, 0) is 43.5 Å². The number of ether oxygens (including phenoxy) is 2. The number of carbonyl (C=O) groups excluding carboxylic acids is 1. The summed E-state index contributed by atoms with van der Waals surface area (Å²) >= 11 is 0. The Labute approximate surface area is 149 Å². The molecule has 3 heterocycles. The van der Waals surface area contributed by atoms with E-state index in [-0.39, 0.29) is 12.6 Å². The van der Waals surface area contributed by atoms with Crippen LogP contribution in [0.25, 0.3) is 0 Å². The van der Waals surface area contributed by atoms with Crippen molar-refractivity contribution in [2.75, 3.05) is 32.8 Å². The second-order valence-corrected chi connectivity index (χ2v) is 6.98. The number of alkyl halides is 3. The lowest BCUT2D eigenvalue weighted by molar-refractivity contribution is -0.159. The Balaban J connectivity index is 1.51. The van der Waals surface area contributed by atoms with Crippen LogP contribution in [0.1, 0.15) is 30.9 Å². The summed E-state index contributed by atoms with van der Waals surface area (Å²) in [7, 11) is 0. The van der Waals surface area contributed by atoms with Crippen molar-refractivity contribution >= 4 is 5.91 Å². The number of hydrogen-bond acceptors (Lipinski definition) is 4. The van der Waals surface area contributed by atoms with E-state index in [0.717, 1.165) is 29.8 Å². The lowest BCUT2D eigenvalue weighted by Crippen LogP contribution is -2.43. The number of likely N-dealkylation sites (tertiary alicyclic amines) is 2. The third-order valence-corrected chi connectivity index (χ3v) is 5.28. The maximum atomic E-state index is 12.7. The van der Waals surface area contributed by atoms with Crippen LogP contribution in [0.4, 0.5) is 13.2 Å². The van der Waals surface area contributed by atoms with Crippen LogP contribution >= 0.6 is 0 Å². The van der Waals surface area contributed by atoms with Crippen LogP contribution in [0, 0.1) is 0 Å². The molecule has 0 aromatic heterocycles. The molecular formula is C18H21F3N2O3. The van der Waals surface area contributed by atoms with Gasteiger partial charge in [0.05, 0.1) is 6.04 Å². The van der Waals surface area contributed by atoms with Gasteiger partial charge in [0.25, 0.3) is 0 Å². The molecule has 1 aromatic carbocycles. The molecule has 5 nitrogen and oxygen atoms in total. The fourth-order valence-corrected chi connectivity index (χ4v) is 4.19. The summed E-state index contributed by atoms with van der Waals surface area (Å²) < 4.78 is 49.1. The first-order valence-corrected chi connectivity index (χ1v) is 8.93. The van der Waals surface area contributed by atoms with Gasteiger partial charge in [0, 0.05) is 12.6 Å². The highest BCUT2D eigenvalue weighted by Gasteiger charge is 2.44. The molecule has 2 saturated heterocycles. The molecular weight excluding hydrogens is 349 g/mol. The normalized spacial score (nSPS) is 26.6. The number of halogens is 3. The highest BCUT2D eigenvalue weighted by atomic mass is 19.4. The van der Waals surface area contributed by atoms with Crippen molar-refractivity contribution in [2.45, 2.75) is 37.5 Å². The fourth-order valence-electron chi connectivity index (χ4n) is 4.19. The van der Waals surface area contributed by atoms with Crippen LogP contribution in [0.2, 0.25) is 0 Å². The number of rotatable bonds is 3. The zero-order chi connectivity index (χ0) is 18.3. The zero-order valence-electron chi connectivity index (χ0n) is 14.3. The smallest absolute Gasteiger partial charge is 0.406 e. The minimum Gasteiger partial charge on any atom is -0.486 e. The van der Waals surface area contributed by atoms with Gasteiger partial charge in [-0.1, -0.05) is 6.07 Å². The Morgan fingerprint density at radius 3 is 2.58 bits per heavy atom. The van der Waals surface area contributed by atoms with Crippen molar-refractivity contribution in [3.05, 3.63) is 23.8 Å². The molecule has 0 radical (unpaired) electrons. The lowest BCUT2D eigenvalue weighted by Gasteiger charge is -2.30. The summed E-state index contributed by atoms with van der Waals surface area (Å²) in [5.74, 6) is 0.988. The minimum atomic E-state index is -4.36. The van der Waals surface area contributed by atoms with Crippen molar-refractivity contribution in [3.8, 4) is 11.5 Å². The third-order valence-electron chi connectivity index (χ3n) is 5.28. The number of fused-ring (bicyclic) bond motifs is 1. The summed E-state index contributed by atoms with van der Waals surface area (Å²) in [6, 6.07) is 5.31. The number of benzene rings is 1.